The maximum Gasteiger partial charge on any atom is 0.255 e. The zero-order valence-corrected chi connectivity index (χ0v) is 13.2. The summed E-state index contributed by atoms with van der Waals surface area (Å²) in [6.07, 6.45) is 2.41. The van der Waals surface area contributed by atoms with Crippen molar-refractivity contribution in [3.05, 3.63) is 53.9 Å². The van der Waals surface area contributed by atoms with Crippen molar-refractivity contribution in [2.45, 2.75) is 13.3 Å². The van der Waals surface area contributed by atoms with E-state index < -0.39 is 0 Å². The van der Waals surface area contributed by atoms with Crippen LogP contribution in [0.5, 0.6) is 0 Å². The molecule has 24 heavy (non-hydrogen) atoms. The maximum absolute atomic E-state index is 12.4. The second-order valence-electron chi connectivity index (χ2n) is 5.85. The molecule has 0 bridgehead atoms. The number of carbonyl (C=O) groups excluding carboxylic acids is 2. The molecule has 1 aromatic heterocycles. The lowest BCUT2D eigenvalue weighted by molar-refractivity contribution is -0.116. The Bertz CT molecular complexity index is 961. The van der Waals surface area contributed by atoms with Crippen molar-refractivity contribution >= 4 is 34.2 Å². The van der Waals surface area contributed by atoms with Gasteiger partial charge in [-0.1, -0.05) is 0 Å². The molecule has 4 rings (SSSR count). The first-order chi connectivity index (χ1) is 11.6. The molecule has 2 aromatic carbocycles. The van der Waals surface area contributed by atoms with Crippen molar-refractivity contribution in [2.75, 3.05) is 16.8 Å². The summed E-state index contributed by atoms with van der Waals surface area (Å²) in [4.78, 5) is 32.9. The van der Waals surface area contributed by atoms with Crippen molar-refractivity contribution in [3.63, 3.8) is 0 Å². The normalized spacial score (nSPS) is 13.1. The van der Waals surface area contributed by atoms with Gasteiger partial charge in [-0.2, -0.15) is 0 Å². The van der Waals surface area contributed by atoms with Crippen LogP contribution in [0.1, 0.15) is 22.8 Å². The molecule has 0 saturated carbocycles. The first-order valence-electron chi connectivity index (χ1n) is 7.77. The number of fused-ring (bicyclic) bond motifs is 2. The summed E-state index contributed by atoms with van der Waals surface area (Å²) in [7, 11) is 0. The Morgan fingerprint density at radius 1 is 1.21 bits per heavy atom. The van der Waals surface area contributed by atoms with Gasteiger partial charge in [0.25, 0.3) is 5.91 Å². The molecule has 3 aromatic rings. The van der Waals surface area contributed by atoms with Gasteiger partial charge < -0.3 is 15.2 Å². The smallest absolute Gasteiger partial charge is 0.255 e. The van der Waals surface area contributed by atoms with Gasteiger partial charge in [0.05, 0.1) is 17.4 Å². The highest BCUT2D eigenvalue weighted by Gasteiger charge is 2.22. The van der Waals surface area contributed by atoms with E-state index in [1.165, 1.54) is 0 Å². The predicted molar refractivity (Wildman–Crippen MR) is 92.2 cm³/mol. The quantitative estimate of drug-likeness (QED) is 0.762. The van der Waals surface area contributed by atoms with Crippen molar-refractivity contribution in [1.29, 1.82) is 0 Å². The minimum Gasteiger partial charge on any atom is -0.345 e. The van der Waals surface area contributed by atoms with Gasteiger partial charge in [-0.15, -0.1) is 0 Å². The summed E-state index contributed by atoms with van der Waals surface area (Å²) < 4.78 is 0. The molecule has 1 aliphatic rings. The molecular formula is C18H16N4O2. The third kappa shape index (κ3) is 2.42. The Morgan fingerprint density at radius 3 is 2.92 bits per heavy atom. The first-order valence-corrected chi connectivity index (χ1v) is 7.77. The van der Waals surface area contributed by atoms with Gasteiger partial charge in [-0.05, 0) is 48.4 Å². The zero-order chi connectivity index (χ0) is 16.7. The van der Waals surface area contributed by atoms with Gasteiger partial charge in [0, 0.05) is 30.4 Å². The Hall–Kier alpha value is -3.15. The summed E-state index contributed by atoms with van der Waals surface area (Å²) in [6.45, 7) is 2.26. The number of H-pyrrole nitrogens is 1. The van der Waals surface area contributed by atoms with Gasteiger partial charge >= 0.3 is 0 Å². The van der Waals surface area contributed by atoms with Crippen LogP contribution in [0, 0.1) is 0 Å². The van der Waals surface area contributed by atoms with Gasteiger partial charge in [-0.25, -0.2) is 4.98 Å². The van der Waals surface area contributed by atoms with E-state index >= 15 is 0 Å². The fraction of sp³-hybridized carbons (Fsp3) is 0.167. The Balaban J connectivity index is 1.57. The Kier molecular flexibility index (Phi) is 3.30. The number of nitrogens with zero attached hydrogens (tertiary/aromatic N) is 2. The van der Waals surface area contributed by atoms with E-state index in [1.54, 1.807) is 30.3 Å². The molecule has 0 fully saturated rings. The fourth-order valence-electron chi connectivity index (χ4n) is 3.09. The van der Waals surface area contributed by atoms with Crippen LogP contribution in [0.4, 0.5) is 11.4 Å². The second-order valence-corrected chi connectivity index (χ2v) is 5.85. The highest BCUT2D eigenvalue weighted by Crippen LogP contribution is 2.30. The molecule has 6 heteroatoms. The van der Waals surface area contributed by atoms with Gasteiger partial charge in [0.2, 0.25) is 5.91 Å². The molecule has 2 heterocycles. The molecule has 0 atom stereocenters. The summed E-state index contributed by atoms with van der Waals surface area (Å²) in [5, 5.41) is 2.91. The summed E-state index contributed by atoms with van der Waals surface area (Å²) in [6, 6.07) is 11.0. The Morgan fingerprint density at radius 2 is 2.08 bits per heavy atom. The molecule has 6 nitrogen and oxygen atoms in total. The zero-order valence-electron chi connectivity index (χ0n) is 13.2. The van der Waals surface area contributed by atoms with E-state index in [9.17, 15) is 9.59 Å². The van der Waals surface area contributed by atoms with Crippen LogP contribution < -0.4 is 10.2 Å². The van der Waals surface area contributed by atoms with E-state index in [-0.39, 0.29) is 11.8 Å². The van der Waals surface area contributed by atoms with Gasteiger partial charge in [-0.3, -0.25) is 9.59 Å². The molecule has 0 saturated heterocycles. The molecule has 1 aliphatic heterocycles. The molecule has 2 amide bonds. The van der Waals surface area contributed by atoms with E-state index in [4.69, 9.17) is 0 Å². The monoisotopic (exact) mass is 320 g/mol. The van der Waals surface area contributed by atoms with Gasteiger partial charge in [0.1, 0.15) is 0 Å². The lowest BCUT2D eigenvalue weighted by Gasteiger charge is -2.15. The van der Waals surface area contributed by atoms with Crippen LogP contribution in [-0.4, -0.2) is 28.3 Å². The predicted octanol–water partition coefficient (Wildman–Crippen LogP) is 2.72. The average Bonchev–Trinajstić information content (AvgIpc) is 3.20. The standard InChI is InChI=1S/C18H16N4O2/c1-11(23)22-7-6-12-8-14(3-5-17(12)22)21-18(24)13-2-4-15-16(9-13)20-10-19-15/h2-5,8-10H,6-7H2,1H3,(H,19,20)(H,21,24). The molecule has 120 valence electrons. The molecular weight excluding hydrogens is 304 g/mol. The number of aromatic nitrogens is 2. The summed E-state index contributed by atoms with van der Waals surface area (Å²) >= 11 is 0. The highest BCUT2D eigenvalue weighted by molar-refractivity contribution is 6.06. The van der Waals surface area contributed by atoms with Crippen LogP contribution >= 0.6 is 0 Å². The largest absolute Gasteiger partial charge is 0.345 e. The number of aromatic amines is 1. The minimum atomic E-state index is -0.173. The highest BCUT2D eigenvalue weighted by atomic mass is 16.2. The molecule has 2 N–H and O–H groups in total. The van der Waals surface area contributed by atoms with Crippen LogP contribution in [-0.2, 0) is 11.2 Å². The van der Waals surface area contributed by atoms with E-state index in [0.717, 1.165) is 34.4 Å². The SMILES string of the molecule is CC(=O)N1CCc2cc(NC(=O)c3ccc4nc[nH]c4c3)ccc21. The molecule has 0 unspecified atom stereocenters. The van der Waals surface area contributed by atoms with Crippen molar-refractivity contribution < 1.29 is 9.59 Å². The van der Waals surface area contributed by atoms with Crippen molar-refractivity contribution in [2.24, 2.45) is 0 Å². The number of amides is 2. The summed E-state index contributed by atoms with van der Waals surface area (Å²) in [5.74, 6) is -0.133. The first kappa shape index (κ1) is 14.4. The third-order valence-corrected chi connectivity index (χ3v) is 4.30. The number of rotatable bonds is 2. The maximum atomic E-state index is 12.4. The number of nitrogens with one attached hydrogen (secondary N) is 2. The van der Waals surface area contributed by atoms with Crippen LogP contribution in [0.3, 0.4) is 0 Å². The molecule has 0 aliphatic carbocycles. The van der Waals surface area contributed by atoms with Crippen LogP contribution in [0.2, 0.25) is 0 Å². The number of anilines is 2. The number of carbonyl (C=O) groups is 2. The topological polar surface area (TPSA) is 78.1 Å². The van der Waals surface area contributed by atoms with Gasteiger partial charge in [0.15, 0.2) is 0 Å². The molecule has 0 radical (unpaired) electrons. The van der Waals surface area contributed by atoms with E-state index in [2.05, 4.69) is 15.3 Å². The lowest BCUT2D eigenvalue weighted by Crippen LogP contribution is -2.25. The van der Waals surface area contributed by atoms with Crippen molar-refractivity contribution in [3.8, 4) is 0 Å². The second kappa shape index (κ2) is 5.49. The van der Waals surface area contributed by atoms with Crippen LogP contribution in [0.25, 0.3) is 11.0 Å². The molecule has 0 spiro atoms. The van der Waals surface area contributed by atoms with Crippen LogP contribution in [0.15, 0.2) is 42.7 Å². The number of hydrogen-bond acceptors (Lipinski definition) is 3. The number of hydrogen-bond donors (Lipinski definition) is 2. The van der Waals surface area contributed by atoms with Crippen molar-refractivity contribution in [1.82, 2.24) is 9.97 Å². The summed E-state index contributed by atoms with van der Waals surface area (Å²) in [5.41, 5.74) is 4.96. The fourth-order valence-corrected chi connectivity index (χ4v) is 3.09. The van der Waals surface area contributed by atoms with E-state index in [0.29, 0.717) is 12.1 Å². The minimum absolute atomic E-state index is 0.0402. The van der Waals surface area contributed by atoms with E-state index in [1.807, 2.05) is 24.3 Å². The number of benzene rings is 2. The average molecular weight is 320 g/mol. The lowest BCUT2D eigenvalue weighted by atomic mass is 10.1. The Labute approximate surface area is 138 Å². The third-order valence-electron chi connectivity index (χ3n) is 4.30. The number of imidazole rings is 1.